The molecule has 2 atom stereocenters. The molecule has 15 heavy (non-hydrogen) atoms. The van der Waals surface area contributed by atoms with Crippen LogP contribution >= 0.6 is 0 Å². The maximum atomic E-state index is 5.54. The summed E-state index contributed by atoms with van der Waals surface area (Å²) in [4.78, 5) is 2.48. The monoisotopic (exact) mass is 214 g/mol. The molecule has 0 aliphatic carbocycles. The predicted molar refractivity (Wildman–Crippen MR) is 69.1 cm³/mol. The maximum absolute atomic E-state index is 5.54. The van der Waals surface area contributed by atoms with Crippen LogP contribution in [-0.2, 0) is 0 Å². The van der Waals surface area contributed by atoms with E-state index >= 15 is 0 Å². The fourth-order valence-electron chi connectivity index (χ4n) is 1.98. The van der Waals surface area contributed by atoms with E-state index in [1.54, 1.807) is 0 Å². The minimum atomic E-state index is 0.736. The molecule has 0 saturated carbocycles. The van der Waals surface area contributed by atoms with E-state index in [0.29, 0.717) is 0 Å². The fourth-order valence-corrected chi connectivity index (χ4v) is 1.98. The van der Waals surface area contributed by atoms with Crippen LogP contribution in [0.4, 0.5) is 0 Å². The minimum Gasteiger partial charge on any atom is -0.330 e. The van der Waals surface area contributed by atoms with Crippen molar-refractivity contribution in [2.45, 2.75) is 58.9 Å². The van der Waals surface area contributed by atoms with Gasteiger partial charge in [-0.1, -0.05) is 20.3 Å². The van der Waals surface area contributed by atoms with Gasteiger partial charge in [-0.25, -0.2) is 0 Å². The molecule has 2 heteroatoms. The minimum absolute atomic E-state index is 0.736. The van der Waals surface area contributed by atoms with Gasteiger partial charge in [0.1, 0.15) is 0 Å². The number of hydrogen-bond acceptors (Lipinski definition) is 2. The highest BCUT2D eigenvalue weighted by atomic mass is 15.1. The van der Waals surface area contributed by atoms with Crippen molar-refractivity contribution in [2.75, 3.05) is 20.1 Å². The maximum Gasteiger partial charge on any atom is 0.00637 e. The highest BCUT2D eigenvalue weighted by Gasteiger charge is 2.08. The Balaban J connectivity index is 3.49. The summed E-state index contributed by atoms with van der Waals surface area (Å²) >= 11 is 0. The first-order valence-electron chi connectivity index (χ1n) is 6.52. The molecule has 2 N–H and O–H groups in total. The number of hydrogen-bond donors (Lipinski definition) is 1. The van der Waals surface area contributed by atoms with Gasteiger partial charge in [0, 0.05) is 6.04 Å². The Morgan fingerprint density at radius 3 is 2.33 bits per heavy atom. The van der Waals surface area contributed by atoms with Gasteiger partial charge in [-0.05, 0) is 58.7 Å². The Kier molecular flexibility index (Phi) is 9.12. The lowest BCUT2D eigenvalue weighted by Gasteiger charge is -2.24. The Labute approximate surface area is 96.2 Å². The summed E-state index contributed by atoms with van der Waals surface area (Å²) in [6.07, 6.45) is 6.41. The van der Waals surface area contributed by atoms with Gasteiger partial charge >= 0.3 is 0 Å². The SMILES string of the molecule is CCCC(C)N(C)CCCC(C)CCN. The van der Waals surface area contributed by atoms with Crippen molar-refractivity contribution in [3.05, 3.63) is 0 Å². The van der Waals surface area contributed by atoms with E-state index < -0.39 is 0 Å². The van der Waals surface area contributed by atoms with E-state index in [2.05, 4.69) is 32.7 Å². The van der Waals surface area contributed by atoms with Crippen molar-refractivity contribution in [1.29, 1.82) is 0 Å². The van der Waals surface area contributed by atoms with Crippen molar-refractivity contribution < 1.29 is 0 Å². The largest absolute Gasteiger partial charge is 0.330 e. The normalized spacial score (nSPS) is 15.6. The first-order chi connectivity index (χ1) is 7.11. The topological polar surface area (TPSA) is 29.3 Å². The van der Waals surface area contributed by atoms with Crippen LogP contribution in [0.25, 0.3) is 0 Å². The van der Waals surface area contributed by atoms with Crippen molar-refractivity contribution in [3.63, 3.8) is 0 Å². The van der Waals surface area contributed by atoms with E-state index in [0.717, 1.165) is 18.5 Å². The standard InChI is InChI=1S/C13H30N2/c1-5-7-13(3)15(4)11-6-8-12(2)9-10-14/h12-13H,5-11,14H2,1-4H3. The highest BCUT2D eigenvalue weighted by molar-refractivity contribution is 4.63. The molecule has 2 unspecified atom stereocenters. The molecule has 0 saturated heterocycles. The molecule has 0 spiro atoms. The molecule has 0 fully saturated rings. The summed E-state index contributed by atoms with van der Waals surface area (Å²) in [5.41, 5.74) is 5.54. The predicted octanol–water partition coefficient (Wildman–Crippen LogP) is 2.87. The van der Waals surface area contributed by atoms with Crippen LogP contribution in [0.3, 0.4) is 0 Å². The van der Waals surface area contributed by atoms with Crippen LogP contribution in [0.15, 0.2) is 0 Å². The van der Waals surface area contributed by atoms with Crippen LogP contribution in [0.2, 0.25) is 0 Å². The van der Waals surface area contributed by atoms with Crippen molar-refractivity contribution in [2.24, 2.45) is 11.7 Å². The summed E-state index contributed by atoms with van der Waals surface area (Å²) in [5, 5.41) is 0. The smallest absolute Gasteiger partial charge is 0.00637 e. The van der Waals surface area contributed by atoms with E-state index in [1.165, 1.54) is 38.6 Å². The summed E-state index contributed by atoms with van der Waals surface area (Å²) < 4.78 is 0. The van der Waals surface area contributed by atoms with Crippen molar-refractivity contribution in [3.8, 4) is 0 Å². The van der Waals surface area contributed by atoms with Crippen LogP contribution < -0.4 is 5.73 Å². The molecule has 0 amide bonds. The van der Waals surface area contributed by atoms with E-state index in [4.69, 9.17) is 5.73 Å². The van der Waals surface area contributed by atoms with Crippen molar-refractivity contribution in [1.82, 2.24) is 4.90 Å². The van der Waals surface area contributed by atoms with Gasteiger partial charge in [0.15, 0.2) is 0 Å². The molecule has 0 aromatic heterocycles. The second-order valence-corrected chi connectivity index (χ2v) is 4.94. The number of rotatable bonds is 9. The van der Waals surface area contributed by atoms with E-state index in [1.807, 2.05) is 0 Å². The molecule has 0 heterocycles. The second kappa shape index (κ2) is 9.17. The Bertz CT molecular complexity index is 136. The summed E-state index contributed by atoms with van der Waals surface area (Å²) in [7, 11) is 2.24. The molecule has 0 radical (unpaired) electrons. The molecule has 0 aromatic carbocycles. The average molecular weight is 214 g/mol. The molecule has 0 rings (SSSR count). The van der Waals surface area contributed by atoms with Crippen LogP contribution in [0.5, 0.6) is 0 Å². The van der Waals surface area contributed by atoms with Crippen LogP contribution in [0.1, 0.15) is 52.9 Å². The van der Waals surface area contributed by atoms with Crippen LogP contribution in [0, 0.1) is 5.92 Å². The lowest BCUT2D eigenvalue weighted by atomic mass is 10.0. The third kappa shape index (κ3) is 7.80. The van der Waals surface area contributed by atoms with Gasteiger partial charge in [0.2, 0.25) is 0 Å². The number of nitrogens with zero attached hydrogens (tertiary/aromatic N) is 1. The van der Waals surface area contributed by atoms with Gasteiger partial charge in [0.05, 0.1) is 0 Å². The lowest BCUT2D eigenvalue weighted by molar-refractivity contribution is 0.235. The zero-order valence-corrected chi connectivity index (χ0v) is 11.1. The van der Waals surface area contributed by atoms with Crippen molar-refractivity contribution >= 4 is 0 Å². The van der Waals surface area contributed by atoms with Gasteiger partial charge in [-0.15, -0.1) is 0 Å². The number of nitrogens with two attached hydrogens (primary N) is 1. The molecule has 0 bridgehead atoms. The highest BCUT2D eigenvalue weighted by Crippen LogP contribution is 2.11. The molecule has 0 aromatic rings. The average Bonchev–Trinajstić information content (AvgIpc) is 2.18. The molecule has 92 valence electrons. The fraction of sp³-hybridized carbons (Fsp3) is 1.00. The molecule has 0 aliphatic rings. The van der Waals surface area contributed by atoms with Crippen LogP contribution in [-0.4, -0.2) is 31.1 Å². The van der Waals surface area contributed by atoms with Gasteiger partial charge < -0.3 is 10.6 Å². The summed E-state index contributed by atoms with van der Waals surface area (Å²) in [6, 6.07) is 0.736. The zero-order valence-electron chi connectivity index (χ0n) is 11.1. The van der Waals surface area contributed by atoms with E-state index in [-0.39, 0.29) is 0 Å². The molecule has 2 nitrogen and oxygen atoms in total. The van der Waals surface area contributed by atoms with Gasteiger partial charge in [-0.2, -0.15) is 0 Å². The van der Waals surface area contributed by atoms with E-state index in [9.17, 15) is 0 Å². The Morgan fingerprint density at radius 1 is 1.13 bits per heavy atom. The first-order valence-corrected chi connectivity index (χ1v) is 6.52. The Morgan fingerprint density at radius 2 is 1.80 bits per heavy atom. The third-order valence-electron chi connectivity index (χ3n) is 3.33. The summed E-state index contributed by atoms with van der Waals surface area (Å²) in [6.45, 7) is 8.96. The quantitative estimate of drug-likeness (QED) is 0.639. The summed E-state index contributed by atoms with van der Waals surface area (Å²) in [5.74, 6) is 0.796. The Hall–Kier alpha value is -0.0800. The zero-order chi connectivity index (χ0) is 11.7. The first kappa shape index (κ1) is 14.9. The van der Waals surface area contributed by atoms with Gasteiger partial charge in [-0.3, -0.25) is 0 Å². The lowest BCUT2D eigenvalue weighted by Crippen LogP contribution is -2.30. The molecule has 0 aliphatic heterocycles. The molecular formula is C13H30N2. The molecular weight excluding hydrogens is 184 g/mol. The second-order valence-electron chi connectivity index (χ2n) is 4.94. The third-order valence-corrected chi connectivity index (χ3v) is 3.33. The van der Waals surface area contributed by atoms with Gasteiger partial charge in [0.25, 0.3) is 0 Å².